The molecule has 0 radical (unpaired) electrons. The maximum atomic E-state index is 5.54. The van der Waals surface area contributed by atoms with E-state index in [1.165, 1.54) is 0 Å². The molecule has 4 nitrogen and oxygen atoms in total. The summed E-state index contributed by atoms with van der Waals surface area (Å²) < 4.78 is 21.7. The lowest BCUT2D eigenvalue weighted by atomic mass is 9.99. The van der Waals surface area contributed by atoms with E-state index in [0.717, 1.165) is 33.4 Å². The number of methoxy groups -OCH3 is 4. The van der Waals surface area contributed by atoms with E-state index in [1.54, 1.807) is 28.4 Å². The van der Waals surface area contributed by atoms with E-state index in [2.05, 4.69) is 12.1 Å². The predicted octanol–water partition coefficient (Wildman–Crippen LogP) is 4.54. The van der Waals surface area contributed by atoms with Crippen molar-refractivity contribution in [2.75, 3.05) is 28.4 Å². The van der Waals surface area contributed by atoms with Gasteiger partial charge in [0.1, 0.15) is 11.5 Å². The Kier molecular flexibility index (Phi) is 4.47. The minimum atomic E-state index is 0.652. The van der Waals surface area contributed by atoms with Crippen LogP contribution in [0.3, 0.4) is 0 Å². The van der Waals surface area contributed by atoms with Crippen molar-refractivity contribution >= 4 is 10.8 Å². The first kappa shape index (κ1) is 16.0. The summed E-state index contributed by atoms with van der Waals surface area (Å²) in [6.45, 7) is 0. The fourth-order valence-corrected chi connectivity index (χ4v) is 2.84. The molecule has 0 spiro atoms. The molecule has 3 rings (SSSR count). The van der Waals surface area contributed by atoms with Crippen molar-refractivity contribution < 1.29 is 18.9 Å². The summed E-state index contributed by atoms with van der Waals surface area (Å²) in [5.74, 6) is 2.94. The van der Waals surface area contributed by atoms with Gasteiger partial charge in [0, 0.05) is 16.8 Å². The lowest BCUT2D eigenvalue weighted by Gasteiger charge is -2.15. The van der Waals surface area contributed by atoms with Crippen molar-refractivity contribution in [3.63, 3.8) is 0 Å². The van der Waals surface area contributed by atoms with Crippen LogP contribution in [0.5, 0.6) is 23.0 Å². The fourth-order valence-electron chi connectivity index (χ4n) is 2.84. The molecule has 24 heavy (non-hydrogen) atoms. The largest absolute Gasteiger partial charge is 0.497 e. The number of ether oxygens (including phenoxy) is 4. The molecule has 3 aromatic rings. The monoisotopic (exact) mass is 324 g/mol. The average Bonchev–Trinajstić information content (AvgIpc) is 2.66. The van der Waals surface area contributed by atoms with Gasteiger partial charge in [-0.25, -0.2) is 0 Å². The van der Waals surface area contributed by atoms with Gasteiger partial charge in [-0.2, -0.15) is 0 Å². The third-order valence-corrected chi connectivity index (χ3v) is 4.08. The molecular formula is C20H20O4. The molecule has 3 aromatic carbocycles. The van der Waals surface area contributed by atoms with Crippen molar-refractivity contribution in [3.8, 4) is 34.1 Å². The first-order chi connectivity index (χ1) is 11.7. The second-order valence-electron chi connectivity index (χ2n) is 5.30. The van der Waals surface area contributed by atoms with Crippen molar-refractivity contribution in [2.24, 2.45) is 0 Å². The molecule has 0 aromatic heterocycles. The molecule has 4 heteroatoms. The highest BCUT2D eigenvalue weighted by atomic mass is 16.5. The van der Waals surface area contributed by atoms with Crippen molar-refractivity contribution in [1.82, 2.24) is 0 Å². The summed E-state index contributed by atoms with van der Waals surface area (Å²) >= 11 is 0. The van der Waals surface area contributed by atoms with E-state index in [0.29, 0.717) is 11.5 Å². The molecule has 0 bridgehead atoms. The van der Waals surface area contributed by atoms with Crippen LogP contribution in [0, 0.1) is 0 Å². The van der Waals surface area contributed by atoms with Crippen molar-refractivity contribution in [2.45, 2.75) is 0 Å². The topological polar surface area (TPSA) is 36.9 Å². The standard InChI is InChI=1S/C20H20O4/c1-21-15-8-5-13(6-9-15)14-7-10-16-17(11-14)18(22-2)12-19(23-3)20(16)24-4/h5-12H,1-4H3. The first-order valence-electron chi connectivity index (χ1n) is 7.59. The Morgan fingerprint density at radius 3 is 1.79 bits per heavy atom. The van der Waals surface area contributed by atoms with E-state index < -0.39 is 0 Å². The van der Waals surface area contributed by atoms with Gasteiger partial charge in [-0.15, -0.1) is 0 Å². The van der Waals surface area contributed by atoms with Crippen LogP contribution in [0.25, 0.3) is 21.9 Å². The summed E-state index contributed by atoms with van der Waals surface area (Å²) in [6, 6.07) is 16.0. The minimum absolute atomic E-state index is 0.652. The number of benzene rings is 3. The summed E-state index contributed by atoms with van der Waals surface area (Å²) in [4.78, 5) is 0. The molecule has 0 aliphatic rings. The van der Waals surface area contributed by atoms with Crippen LogP contribution in [0.4, 0.5) is 0 Å². The lowest BCUT2D eigenvalue weighted by Crippen LogP contribution is -1.95. The van der Waals surface area contributed by atoms with Gasteiger partial charge in [-0.05, 0) is 35.4 Å². The SMILES string of the molecule is COc1ccc(-c2ccc3c(OC)c(OC)cc(OC)c3c2)cc1. The number of fused-ring (bicyclic) bond motifs is 1. The number of hydrogen-bond acceptors (Lipinski definition) is 4. The maximum absolute atomic E-state index is 5.54. The summed E-state index contributed by atoms with van der Waals surface area (Å²) in [7, 11) is 6.58. The van der Waals surface area contributed by atoms with Crippen molar-refractivity contribution in [1.29, 1.82) is 0 Å². The highest BCUT2D eigenvalue weighted by Gasteiger charge is 2.15. The Hall–Kier alpha value is -2.88. The Balaban J connectivity index is 2.19. The second-order valence-corrected chi connectivity index (χ2v) is 5.30. The van der Waals surface area contributed by atoms with Crippen LogP contribution < -0.4 is 18.9 Å². The maximum Gasteiger partial charge on any atom is 0.168 e. The third-order valence-electron chi connectivity index (χ3n) is 4.08. The number of hydrogen-bond donors (Lipinski definition) is 0. The van der Waals surface area contributed by atoms with Gasteiger partial charge in [0.25, 0.3) is 0 Å². The van der Waals surface area contributed by atoms with E-state index in [9.17, 15) is 0 Å². The highest BCUT2D eigenvalue weighted by Crippen LogP contribution is 2.42. The fraction of sp³-hybridized carbons (Fsp3) is 0.200. The van der Waals surface area contributed by atoms with Crippen molar-refractivity contribution in [3.05, 3.63) is 48.5 Å². The third kappa shape index (κ3) is 2.71. The summed E-state index contributed by atoms with van der Waals surface area (Å²) in [6.07, 6.45) is 0. The van der Waals surface area contributed by atoms with Crippen LogP contribution in [0.2, 0.25) is 0 Å². The van der Waals surface area contributed by atoms with Crippen LogP contribution in [0.1, 0.15) is 0 Å². The van der Waals surface area contributed by atoms with Gasteiger partial charge in [0.05, 0.1) is 28.4 Å². The molecule has 0 saturated heterocycles. The van der Waals surface area contributed by atoms with Gasteiger partial charge in [0.2, 0.25) is 0 Å². The Morgan fingerprint density at radius 1 is 0.542 bits per heavy atom. The molecule has 0 atom stereocenters. The quantitative estimate of drug-likeness (QED) is 0.690. The molecule has 0 unspecified atom stereocenters. The molecule has 124 valence electrons. The zero-order chi connectivity index (χ0) is 17.1. The highest BCUT2D eigenvalue weighted by molar-refractivity contribution is 5.98. The van der Waals surface area contributed by atoms with E-state index in [-0.39, 0.29) is 0 Å². The molecule has 0 aliphatic carbocycles. The first-order valence-corrected chi connectivity index (χ1v) is 7.59. The van der Waals surface area contributed by atoms with Gasteiger partial charge < -0.3 is 18.9 Å². The Labute approximate surface area is 141 Å². The zero-order valence-electron chi connectivity index (χ0n) is 14.3. The molecule has 0 N–H and O–H groups in total. The normalized spacial score (nSPS) is 10.5. The lowest BCUT2D eigenvalue weighted by molar-refractivity contribution is 0.353. The van der Waals surface area contributed by atoms with Gasteiger partial charge >= 0.3 is 0 Å². The van der Waals surface area contributed by atoms with Crippen LogP contribution in [-0.2, 0) is 0 Å². The second kappa shape index (κ2) is 6.71. The molecule has 0 saturated carbocycles. The van der Waals surface area contributed by atoms with Gasteiger partial charge in [0.15, 0.2) is 11.5 Å². The predicted molar refractivity (Wildman–Crippen MR) is 95.6 cm³/mol. The summed E-state index contributed by atoms with van der Waals surface area (Å²) in [5.41, 5.74) is 2.20. The number of rotatable bonds is 5. The van der Waals surface area contributed by atoms with E-state index in [1.807, 2.05) is 36.4 Å². The molecular weight excluding hydrogens is 304 g/mol. The van der Waals surface area contributed by atoms with Gasteiger partial charge in [-0.3, -0.25) is 0 Å². The Bertz CT molecular complexity index is 854. The molecule has 0 fully saturated rings. The zero-order valence-corrected chi connectivity index (χ0v) is 14.3. The van der Waals surface area contributed by atoms with Crippen LogP contribution in [-0.4, -0.2) is 28.4 Å². The summed E-state index contributed by atoms with van der Waals surface area (Å²) in [5, 5.41) is 1.93. The Morgan fingerprint density at radius 2 is 1.21 bits per heavy atom. The molecule has 0 aliphatic heterocycles. The molecule has 0 amide bonds. The van der Waals surface area contributed by atoms with E-state index >= 15 is 0 Å². The van der Waals surface area contributed by atoms with Crippen LogP contribution in [0.15, 0.2) is 48.5 Å². The van der Waals surface area contributed by atoms with Crippen LogP contribution >= 0.6 is 0 Å². The average molecular weight is 324 g/mol. The molecule has 0 heterocycles. The smallest absolute Gasteiger partial charge is 0.168 e. The van der Waals surface area contributed by atoms with E-state index in [4.69, 9.17) is 18.9 Å². The minimum Gasteiger partial charge on any atom is -0.497 e. The van der Waals surface area contributed by atoms with Gasteiger partial charge in [-0.1, -0.05) is 18.2 Å².